The Morgan fingerprint density at radius 1 is 0.400 bits per heavy atom. The first-order valence-corrected chi connectivity index (χ1v) is 16.3. The normalized spacial score (nSPS) is 10.6. The fourth-order valence-electron chi connectivity index (χ4n) is 6.28. The molecule has 241 valence electrons. The smallest absolute Gasteiger partial charge is 0.0541 e. The Hall–Kier alpha value is -5.93. The van der Waals surface area contributed by atoms with Crippen LogP contribution >= 0.6 is 0 Å². The summed E-state index contributed by atoms with van der Waals surface area (Å²) >= 11 is 0. The quantitative estimate of drug-likeness (QED) is 0.162. The average Bonchev–Trinajstić information content (AvgIpc) is 3.53. The van der Waals surface area contributed by atoms with E-state index in [0.717, 1.165) is 28.1 Å². The Morgan fingerprint density at radius 2 is 1.02 bits per heavy atom. The number of pyridine rings is 2. The molecule has 0 N–H and O–H groups in total. The molecule has 0 saturated heterocycles. The van der Waals surface area contributed by atoms with E-state index in [1.807, 2.05) is 72.9 Å². The molecule has 9 aromatic rings. The van der Waals surface area contributed by atoms with Crippen molar-refractivity contribution >= 4 is 21.8 Å². The summed E-state index contributed by atoms with van der Waals surface area (Å²) in [5.41, 5.74) is 12.3. The molecule has 1 radical (unpaired) electrons. The second-order valence-corrected chi connectivity index (χ2v) is 11.7. The largest absolute Gasteiger partial charge is 0.309 e. The van der Waals surface area contributed by atoms with Crippen LogP contribution in [-0.4, -0.2) is 14.5 Å². The van der Waals surface area contributed by atoms with Gasteiger partial charge in [0, 0.05) is 49.0 Å². The van der Waals surface area contributed by atoms with Crippen LogP contribution in [0.1, 0.15) is 0 Å². The molecular formula is C46H31IrN3-2. The molecule has 0 aliphatic carbocycles. The van der Waals surface area contributed by atoms with Crippen LogP contribution in [-0.2, 0) is 20.1 Å². The summed E-state index contributed by atoms with van der Waals surface area (Å²) in [6.07, 6.45) is 3.61. The van der Waals surface area contributed by atoms with Crippen LogP contribution in [0.2, 0.25) is 0 Å². The van der Waals surface area contributed by atoms with Crippen LogP contribution in [0.3, 0.4) is 0 Å². The van der Waals surface area contributed by atoms with Gasteiger partial charge in [0.25, 0.3) is 0 Å². The predicted molar refractivity (Wildman–Crippen MR) is 202 cm³/mol. The first-order valence-electron chi connectivity index (χ1n) is 16.3. The maximum atomic E-state index is 4.49. The Balaban J connectivity index is 0.000000255. The van der Waals surface area contributed by atoms with E-state index in [1.54, 1.807) is 6.20 Å². The molecule has 0 atom stereocenters. The van der Waals surface area contributed by atoms with Crippen molar-refractivity contribution in [2.75, 3.05) is 0 Å². The third-order valence-corrected chi connectivity index (χ3v) is 8.61. The minimum absolute atomic E-state index is 0. The Bertz CT molecular complexity index is 2440. The van der Waals surface area contributed by atoms with E-state index in [4.69, 9.17) is 0 Å². The Labute approximate surface area is 305 Å². The van der Waals surface area contributed by atoms with Crippen molar-refractivity contribution in [2.45, 2.75) is 0 Å². The minimum atomic E-state index is 0. The standard InChI is InChI=1S/C35H23N2.C11H8N.Ir/c1-2-14-30(15-3-1)37-34-18-5-4-16-31(34)32-24-28(19-20-35(32)37)26-11-8-10-25(22-26)27-12-9-13-29(23-27)33-17-6-7-21-36-33;1-2-6-10(7-3-1)11-8-4-5-9-12-11;/h1-12,14-24H;1-6,8-9H;/q2*-1;. The number of para-hydroxylation sites is 2. The minimum Gasteiger partial charge on any atom is -0.309 e. The summed E-state index contributed by atoms with van der Waals surface area (Å²) in [4.78, 5) is 8.71. The van der Waals surface area contributed by atoms with Crippen LogP contribution in [0.5, 0.6) is 0 Å². The van der Waals surface area contributed by atoms with Crippen molar-refractivity contribution in [1.82, 2.24) is 14.5 Å². The van der Waals surface area contributed by atoms with Gasteiger partial charge in [0.15, 0.2) is 0 Å². The predicted octanol–water partition coefficient (Wildman–Crippen LogP) is 11.5. The number of fused-ring (bicyclic) bond motifs is 3. The molecule has 0 spiro atoms. The van der Waals surface area contributed by atoms with E-state index in [0.29, 0.717) is 0 Å². The maximum Gasteiger partial charge on any atom is 0.0541 e. The van der Waals surface area contributed by atoms with Gasteiger partial charge in [0.2, 0.25) is 0 Å². The molecule has 4 heteroatoms. The second-order valence-electron chi connectivity index (χ2n) is 11.7. The van der Waals surface area contributed by atoms with Gasteiger partial charge in [0.05, 0.1) is 11.0 Å². The average molecular weight is 818 g/mol. The molecule has 0 aliphatic rings. The SMILES string of the molecule is [Ir].[c-]1ccc(-c2cccc(-c3ccc4c(c3)c3ccccc3n4-c3ccccc3)c2)cc1-c1ccccn1.[c-]1ccccc1-c1ccccn1. The van der Waals surface area contributed by atoms with Crippen LogP contribution in [0.25, 0.3) is 72.3 Å². The van der Waals surface area contributed by atoms with E-state index >= 15 is 0 Å². The molecule has 50 heavy (non-hydrogen) atoms. The van der Waals surface area contributed by atoms with Crippen molar-refractivity contribution in [1.29, 1.82) is 0 Å². The molecule has 3 aromatic heterocycles. The van der Waals surface area contributed by atoms with Gasteiger partial charge in [0.1, 0.15) is 0 Å². The molecule has 9 rings (SSSR count). The fraction of sp³-hybridized carbons (Fsp3) is 0. The molecule has 0 aliphatic heterocycles. The second kappa shape index (κ2) is 15.1. The van der Waals surface area contributed by atoms with Crippen LogP contribution < -0.4 is 0 Å². The van der Waals surface area contributed by atoms with Crippen LogP contribution in [0.4, 0.5) is 0 Å². The van der Waals surface area contributed by atoms with E-state index in [9.17, 15) is 0 Å². The molecule has 0 saturated carbocycles. The Kier molecular flexibility index (Phi) is 9.84. The number of rotatable bonds is 5. The third kappa shape index (κ3) is 6.81. The summed E-state index contributed by atoms with van der Waals surface area (Å²) in [6, 6.07) is 67.2. The van der Waals surface area contributed by atoms with Gasteiger partial charge >= 0.3 is 0 Å². The van der Waals surface area contributed by atoms with Crippen molar-refractivity contribution in [3.05, 3.63) is 200 Å². The van der Waals surface area contributed by atoms with Gasteiger partial charge in [-0.05, 0) is 76.6 Å². The zero-order valence-corrected chi connectivity index (χ0v) is 29.5. The number of nitrogens with zero attached hydrogens (tertiary/aromatic N) is 3. The summed E-state index contributed by atoms with van der Waals surface area (Å²) < 4.78 is 2.35. The molecular weight excluding hydrogens is 787 g/mol. The Morgan fingerprint density at radius 3 is 1.74 bits per heavy atom. The first kappa shape index (κ1) is 32.6. The summed E-state index contributed by atoms with van der Waals surface area (Å²) in [6.45, 7) is 0. The van der Waals surface area contributed by atoms with Crippen LogP contribution in [0, 0.1) is 12.1 Å². The summed E-state index contributed by atoms with van der Waals surface area (Å²) in [5, 5.41) is 2.52. The van der Waals surface area contributed by atoms with Gasteiger partial charge in [-0.25, -0.2) is 0 Å². The molecule has 0 unspecified atom stereocenters. The van der Waals surface area contributed by atoms with E-state index in [-0.39, 0.29) is 20.1 Å². The van der Waals surface area contributed by atoms with Crippen LogP contribution in [0.15, 0.2) is 188 Å². The fourth-order valence-corrected chi connectivity index (χ4v) is 6.28. The topological polar surface area (TPSA) is 30.7 Å². The number of aromatic nitrogens is 3. The van der Waals surface area contributed by atoms with E-state index in [1.165, 1.54) is 44.2 Å². The molecule has 0 fully saturated rings. The third-order valence-electron chi connectivity index (χ3n) is 8.61. The zero-order valence-electron chi connectivity index (χ0n) is 27.1. The molecule has 6 aromatic carbocycles. The van der Waals surface area contributed by atoms with Gasteiger partial charge < -0.3 is 14.5 Å². The van der Waals surface area contributed by atoms with Crippen molar-refractivity contribution in [3.63, 3.8) is 0 Å². The maximum absolute atomic E-state index is 4.49. The van der Waals surface area contributed by atoms with Crippen molar-refractivity contribution < 1.29 is 20.1 Å². The van der Waals surface area contributed by atoms with Gasteiger partial charge in [-0.2, -0.15) is 0 Å². The van der Waals surface area contributed by atoms with Gasteiger partial charge in [-0.15, -0.1) is 71.3 Å². The van der Waals surface area contributed by atoms with Gasteiger partial charge in [-0.3, -0.25) is 0 Å². The van der Waals surface area contributed by atoms with Crippen molar-refractivity contribution in [2.24, 2.45) is 0 Å². The first-order chi connectivity index (χ1) is 24.3. The van der Waals surface area contributed by atoms with Crippen molar-refractivity contribution in [3.8, 4) is 50.5 Å². The monoisotopic (exact) mass is 818 g/mol. The molecule has 0 bridgehead atoms. The van der Waals surface area contributed by atoms with E-state index < -0.39 is 0 Å². The number of hydrogen-bond acceptors (Lipinski definition) is 2. The van der Waals surface area contributed by atoms with E-state index in [2.05, 4.69) is 136 Å². The number of hydrogen-bond donors (Lipinski definition) is 0. The molecule has 3 nitrogen and oxygen atoms in total. The van der Waals surface area contributed by atoms with Gasteiger partial charge in [-0.1, -0.05) is 84.9 Å². The molecule has 3 heterocycles. The molecule has 0 amide bonds. The summed E-state index contributed by atoms with van der Waals surface area (Å²) in [5.74, 6) is 0. The zero-order chi connectivity index (χ0) is 32.8. The number of benzene rings is 6. The summed E-state index contributed by atoms with van der Waals surface area (Å²) in [7, 11) is 0.